The van der Waals surface area contributed by atoms with Crippen molar-refractivity contribution in [2.75, 3.05) is 5.73 Å². The van der Waals surface area contributed by atoms with Crippen molar-refractivity contribution in [2.24, 2.45) is 5.73 Å². The van der Waals surface area contributed by atoms with Crippen LogP contribution in [0.25, 0.3) is 11.2 Å². The van der Waals surface area contributed by atoms with Crippen LogP contribution in [0.5, 0.6) is 0 Å². The molecule has 23 heavy (non-hydrogen) atoms. The fraction of sp³-hybridized carbons (Fsp3) is 0.538. The quantitative estimate of drug-likeness (QED) is 0.429. The second-order valence-corrected chi connectivity index (χ2v) is 5.77. The van der Waals surface area contributed by atoms with E-state index in [4.69, 9.17) is 11.5 Å². The van der Waals surface area contributed by atoms with Gasteiger partial charge in [0.15, 0.2) is 11.5 Å². The Morgan fingerprint density at radius 2 is 2.13 bits per heavy atom. The van der Waals surface area contributed by atoms with Crippen LogP contribution in [0.1, 0.15) is 19.4 Å². The Bertz CT molecular complexity index is 731. The number of amides is 1. The molecular weight excluding hydrogens is 302 g/mol. The maximum atomic E-state index is 11.7. The first-order chi connectivity index (χ1) is 10.9. The third kappa shape index (κ3) is 2.60. The van der Waals surface area contributed by atoms with Crippen molar-refractivity contribution in [1.82, 2.24) is 24.8 Å². The van der Waals surface area contributed by atoms with E-state index in [1.807, 2.05) is 0 Å². The molecule has 2 heterocycles. The van der Waals surface area contributed by atoms with Crippen LogP contribution in [-0.2, 0) is 4.79 Å². The molecule has 0 bridgehead atoms. The number of hydrogen-bond acceptors (Lipinski definition) is 8. The van der Waals surface area contributed by atoms with E-state index < -0.39 is 30.3 Å². The van der Waals surface area contributed by atoms with Crippen LogP contribution in [0.15, 0.2) is 12.7 Å². The maximum Gasteiger partial charge on any atom is 0.236 e. The van der Waals surface area contributed by atoms with Gasteiger partial charge in [-0.2, -0.15) is 0 Å². The minimum Gasteiger partial charge on any atom is -0.388 e. The number of nitrogens with zero attached hydrogens (tertiary/aromatic N) is 4. The molecule has 0 saturated heterocycles. The van der Waals surface area contributed by atoms with Gasteiger partial charge in [-0.25, -0.2) is 15.0 Å². The zero-order valence-electron chi connectivity index (χ0n) is 12.5. The fourth-order valence-corrected chi connectivity index (χ4v) is 2.85. The fourth-order valence-electron chi connectivity index (χ4n) is 2.85. The van der Waals surface area contributed by atoms with Gasteiger partial charge in [-0.1, -0.05) is 0 Å². The van der Waals surface area contributed by atoms with Crippen molar-refractivity contribution in [1.29, 1.82) is 0 Å². The molecule has 0 spiro atoms. The number of aromatic nitrogens is 4. The van der Waals surface area contributed by atoms with Crippen molar-refractivity contribution >= 4 is 22.9 Å². The molecule has 124 valence electrons. The number of fused-ring (bicyclic) bond motifs is 1. The number of nitrogens with two attached hydrogens (primary N) is 2. The van der Waals surface area contributed by atoms with Gasteiger partial charge in [0.1, 0.15) is 24.1 Å². The van der Waals surface area contributed by atoms with Crippen molar-refractivity contribution in [3.8, 4) is 0 Å². The highest BCUT2D eigenvalue weighted by atomic mass is 16.3. The second-order valence-electron chi connectivity index (χ2n) is 5.77. The molecule has 0 unspecified atom stereocenters. The number of nitrogens with one attached hydrogen (secondary N) is 1. The minimum absolute atomic E-state index is 0.239. The number of imidazole rings is 1. The first-order valence-corrected chi connectivity index (χ1v) is 7.25. The van der Waals surface area contributed by atoms with E-state index >= 15 is 0 Å². The molecule has 10 heteroatoms. The number of nitrogen functional groups attached to an aromatic ring is 1. The monoisotopic (exact) mass is 321 g/mol. The van der Waals surface area contributed by atoms with Gasteiger partial charge >= 0.3 is 0 Å². The smallest absolute Gasteiger partial charge is 0.236 e. The summed E-state index contributed by atoms with van der Waals surface area (Å²) in [7, 11) is 0. The predicted molar refractivity (Wildman–Crippen MR) is 81.0 cm³/mol. The van der Waals surface area contributed by atoms with Gasteiger partial charge in [-0.3, -0.25) is 4.79 Å². The Balaban J connectivity index is 1.88. The number of anilines is 1. The van der Waals surface area contributed by atoms with Gasteiger partial charge in [0.2, 0.25) is 5.91 Å². The molecule has 2 aromatic heterocycles. The van der Waals surface area contributed by atoms with E-state index in [1.165, 1.54) is 12.7 Å². The summed E-state index contributed by atoms with van der Waals surface area (Å²) in [6, 6.07) is -1.80. The van der Waals surface area contributed by atoms with E-state index in [2.05, 4.69) is 20.3 Å². The van der Waals surface area contributed by atoms with Crippen LogP contribution in [-0.4, -0.2) is 59.9 Å². The molecule has 1 aliphatic carbocycles. The minimum atomic E-state index is -1.11. The molecule has 1 fully saturated rings. The van der Waals surface area contributed by atoms with Gasteiger partial charge in [-0.15, -0.1) is 0 Å². The summed E-state index contributed by atoms with van der Waals surface area (Å²) in [4.78, 5) is 23.9. The molecule has 0 aliphatic heterocycles. The second kappa shape index (κ2) is 5.72. The largest absolute Gasteiger partial charge is 0.388 e. The highest BCUT2D eigenvalue weighted by Crippen LogP contribution is 2.33. The normalized spacial score (nSPS) is 28.9. The number of carbonyl (C=O) groups is 1. The van der Waals surface area contributed by atoms with Crippen LogP contribution in [0.4, 0.5) is 5.82 Å². The maximum absolute atomic E-state index is 11.7. The van der Waals surface area contributed by atoms with Crippen LogP contribution in [0, 0.1) is 0 Å². The lowest BCUT2D eigenvalue weighted by Crippen LogP contribution is -2.48. The molecule has 1 saturated carbocycles. The summed E-state index contributed by atoms with van der Waals surface area (Å²) in [5.74, 6) is -0.146. The number of carbonyl (C=O) groups excluding carboxylic acids is 1. The predicted octanol–water partition coefficient (Wildman–Crippen LogP) is -2.09. The van der Waals surface area contributed by atoms with Gasteiger partial charge in [0.05, 0.1) is 24.5 Å². The molecule has 0 radical (unpaired) electrons. The lowest BCUT2D eigenvalue weighted by molar-refractivity contribution is -0.123. The van der Waals surface area contributed by atoms with Crippen LogP contribution >= 0.6 is 0 Å². The molecule has 10 nitrogen and oxygen atoms in total. The number of aliphatic hydroxyl groups is 2. The van der Waals surface area contributed by atoms with Gasteiger partial charge in [-0.05, 0) is 13.3 Å². The Kier molecular flexibility index (Phi) is 3.88. The first kappa shape index (κ1) is 15.6. The van der Waals surface area contributed by atoms with Crippen molar-refractivity contribution in [3.63, 3.8) is 0 Å². The van der Waals surface area contributed by atoms with E-state index in [0.717, 1.165) is 0 Å². The molecular formula is C13H19N7O3. The highest BCUT2D eigenvalue weighted by molar-refractivity contribution is 5.82. The van der Waals surface area contributed by atoms with E-state index in [1.54, 1.807) is 11.5 Å². The zero-order chi connectivity index (χ0) is 16.7. The van der Waals surface area contributed by atoms with Crippen LogP contribution < -0.4 is 16.8 Å². The SMILES string of the molecule is C[C@H](N)C(=O)N[C@H]1C[C@@H](n2cnc3c(N)ncnc32)[C@H](O)[C@@H]1O. The zero-order valence-corrected chi connectivity index (χ0v) is 12.5. The summed E-state index contributed by atoms with van der Waals surface area (Å²) >= 11 is 0. The summed E-state index contributed by atoms with van der Waals surface area (Å²) in [6.07, 6.45) is 0.923. The topological polar surface area (TPSA) is 165 Å². The summed E-state index contributed by atoms with van der Waals surface area (Å²) < 4.78 is 1.64. The van der Waals surface area contributed by atoms with Crippen LogP contribution in [0.3, 0.4) is 0 Å². The van der Waals surface area contributed by atoms with E-state index in [-0.39, 0.29) is 11.7 Å². The molecule has 1 amide bonds. The Labute approximate surface area is 131 Å². The molecule has 1 aliphatic rings. The number of aliphatic hydroxyl groups excluding tert-OH is 2. The third-order valence-electron chi connectivity index (χ3n) is 4.14. The summed E-state index contributed by atoms with van der Waals surface area (Å²) in [5, 5.41) is 23.2. The molecule has 0 aromatic carbocycles. The Morgan fingerprint density at radius 1 is 1.39 bits per heavy atom. The Morgan fingerprint density at radius 3 is 2.83 bits per heavy atom. The van der Waals surface area contributed by atoms with Crippen molar-refractivity contribution in [3.05, 3.63) is 12.7 Å². The average Bonchev–Trinajstić information content (AvgIpc) is 3.05. The molecule has 5 atom stereocenters. The van der Waals surface area contributed by atoms with Gasteiger partial charge in [0.25, 0.3) is 0 Å². The Hall–Kier alpha value is -2.30. The van der Waals surface area contributed by atoms with Crippen molar-refractivity contribution < 1.29 is 15.0 Å². The van der Waals surface area contributed by atoms with E-state index in [0.29, 0.717) is 17.6 Å². The number of rotatable bonds is 3. The standard InChI is InChI=1S/C13H19N7O3/c1-5(14)13(23)19-6-2-7(10(22)9(6)21)20-4-18-8-11(15)16-3-17-12(8)20/h3-7,9-10,21-22H,2,14H2,1H3,(H,19,23)(H2,15,16,17)/t5-,6-,7+,9+,10-/m0/s1. The van der Waals surface area contributed by atoms with Crippen LogP contribution in [0.2, 0.25) is 0 Å². The molecule has 3 rings (SSSR count). The summed E-state index contributed by atoms with van der Waals surface area (Å²) in [5.41, 5.74) is 12.2. The van der Waals surface area contributed by atoms with Gasteiger partial charge in [0, 0.05) is 0 Å². The lowest BCUT2D eigenvalue weighted by Gasteiger charge is -2.19. The van der Waals surface area contributed by atoms with E-state index in [9.17, 15) is 15.0 Å². The molecule has 7 N–H and O–H groups in total. The summed E-state index contributed by atoms with van der Waals surface area (Å²) in [6.45, 7) is 1.55. The average molecular weight is 321 g/mol. The van der Waals surface area contributed by atoms with Gasteiger partial charge < -0.3 is 31.6 Å². The lowest BCUT2D eigenvalue weighted by atomic mass is 10.2. The molecule has 2 aromatic rings. The number of hydrogen-bond donors (Lipinski definition) is 5. The van der Waals surface area contributed by atoms with Crippen molar-refractivity contribution in [2.45, 2.75) is 43.7 Å². The highest BCUT2D eigenvalue weighted by Gasteiger charge is 2.43. The third-order valence-corrected chi connectivity index (χ3v) is 4.14. The first-order valence-electron chi connectivity index (χ1n) is 7.25.